The first-order valence-corrected chi connectivity index (χ1v) is 12.7. The Bertz CT molecular complexity index is 1160. The number of thiophene rings is 2. The lowest BCUT2D eigenvalue weighted by molar-refractivity contribution is -0.113. The molecule has 32 heavy (non-hydrogen) atoms. The van der Waals surface area contributed by atoms with E-state index in [0.29, 0.717) is 28.7 Å². The molecule has 1 amide bonds. The summed E-state index contributed by atoms with van der Waals surface area (Å²) in [5.74, 6) is 0.243. The van der Waals surface area contributed by atoms with Crippen molar-refractivity contribution in [3.05, 3.63) is 44.5 Å². The Hall–Kier alpha value is -2.43. The number of esters is 1. The molecule has 0 saturated carbocycles. The number of rotatable bonds is 9. The second kappa shape index (κ2) is 10.5. The first kappa shape index (κ1) is 24.2. The van der Waals surface area contributed by atoms with Crippen molar-refractivity contribution in [2.24, 2.45) is 0 Å². The van der Waals surface area contributed by atoms with Crippen molar-refractivity contribution < 1.29 is 14.3 Å². The number of anilines is 1. The molecular weight excluding hydrogens is 464 g/mol. The Kier molecular flexibility index (Phi) is 7.91. The number of nitrogens with zero attached hydrogens (tertiary/aromatic N) is 3. The van der Waals surface area contributed by atoms with Crippen molar-refractivity contribution >= 4 is 51.3 Å². The van der Waals surface area contributed by atoms with E-state index < -0.39 is 5.97 Å². The van der Waals surface area contributed by atoms with Crippen LogP contribution in [0.1, 0.15) is 38.2 Å². The number of aryl methyl sites for hydroxylation is 2. The van der Waals surface area contributed by atoms with Crippen molar-refractivity contribution in [3.8, 4) is 11.4 Å². The Balaban J connectivity index is 1.78. The molecule has 0 aliphatic carbocycles. The summed E-state index contributed by atoms with van der Waals surface area (Å²) >= 11 is 4.37. The van der Waals surface area contributed by atoms with Crippen LogP contribution < -0.4 is 5.32 Å². The summed E-state index contributed by atoms with van der Waals surface area (Å²) < 4.78 is 6.89. The summed E-state index contributed by atoms with van der Waals surface area (Å²) in [6, 6.07) is 0. The van der Waals surface area contributed by atoms with Crippen molar-refractivity contribution in [2.45, 2.75) is 45.8 Å². The number of hydrogen-bond acceptors (Lipinski definition) is 8. The lowest BCUT2D eigenvalue weighted by Gasteiger charge is -2.09. The van der Waals surface area contributed by atoms with Crippen LogP contribution in [0.2, 0.25) is 0 Å². The molecule has 0 aliphatic rings. The van der Waals surface area contributed by atoms with Crippen molar-refractivity contribution in [2.75, 3.05) is 18.2 Å². The third kappa shape index (κ3) is 4.82. The van der Waals surface area contributed by atoms with Gasteiger partial charge in [0.2, 0.25) is 5.91 Å². The van der Waals surface area contributed by atoms with Gasteiger partial charge in [0, 0.05) is 27.2 Å². The molecule has 0 saturated heterocycles. The fourth-order valence-electron chi connectivity index (χ4n) is 3.33. The molecule has 0 bridgehead atoms. The number of allylic oxidation sites excluding steroid dienone is 1. The smallest absolute Gasteiger partial charge is 0.341 e. The molecule has 0 spiro atoms. The van der Waals surface area contributed by atoms with Crippen LogP contribution in [0.3, 0.4) is 0 Å². The Morgan fingerprint density at radius 3 is 2.62 bits per heavy atom. The topological polar surface area (TPSA) is 86.1 Å². The van der Waals surface area contributed by atoms with Crippen LogP contribution in [-0.4, -0.2) is 39.5 Å². The molecule has 3 aromatic rings. The van der Waals surface area contributed by atoms with E-state index in [2.05, 4.69) is 41.3 Å². The highest BCUT2D eigenvalue weighted by Gasteiger charge is 2.23. The quantitative estimate of drug-likeness (QED) is 0.250. The van der Waals surface area contributed by atoms with Gasteiger partial charge in [-0.05, 0) is 38.3 Å². The molecule has 1 N–H and O–H groups in total. The number of methoxy groups -OCH3 is 1. The van der Waals surface area contributed by atoms with Gasteiger partial charge >= 0.3 is 5.97 Å². The van der Waals surface area contributed by atoms with E-state index in [1.54, 1.807) is 17.4 Å². The molecule has 0 radical (unpaired) electrons. The van der Waals surface area contributed by atoms with E-state index in [-0.39, 0.29) is 11.7 Å². The molecule has 7 nitrogen and oxygen atoms in total. The Morgan fingerprint density at radius 2 is 2.03 bits per heavy atom. The number of aromatic nitrogens is 3. The van der Waals surface area contributed by atoms with Gasteiger partial charge in [0.05, 0.1) is 18.4 Å². The predicted octanol–water partition coefficient (Wildman–Crippen LogP) is 5.26. The van der Waals surface area contributed by atoms with Gasteiger partial charge < -0.3 is 10.1 Å². The molecule has 3 aromatic heterocycles. The average molecular weight is 491 g/mol. The molecule has 10 heteroatoms. The van der Waals surface area contributed by atoms with E-state index in [0.717, 1.165) is 21.8 Å². The summed E-state index contributed by atoms with van der Waals surface area (Å²) in [5.41, 5.74) is 3.57. The zero-order valence-corrected chi connectivity index (χ0v) is 21.2. The van der Waals surface area contributed by atoms with E-state index >= 15 is 0 Å². The number of carbonyl (C=O) groups excluding carboxylic acids is 2. The minimum absolute atomic E-state index is 0.135. The van der Waals surface area contributed by atoms with Crippen LogP contribution in [0.5, 0.6) is 0 Å². The number of hydrogen-bond donors (Lipinski definition) is 1. The Labute approximate surface area is 199 Å². The maximum absolute atomic E-state index is 12.7. The number of thioether (sulfide) groups is 1. The average Bonchev–Trinajstić information content (AvgIpc) is 3.41. The van der Waals surface area contributed by atoms with E-state index in [9.17, 15) is 9.59 Å². The SMILES string of the molecule is C=CCn1c(SCC(=O)Nc2sc(C)c(CC)c2C(=O)OC)nnc1-c1csc(C)c1C. The molecule has 3 heterocycles. The van der Waals surface area contributed by atoms with Crippen LogP contribution in [0.15, 0.2) is 23.2 Å². The van der Waals surface area contributed by atoms with Crippen molar-refractivity contribution in [1.82, 2.24) is 14.8 Å². The zero-order valence-electron chi connectivity index (χ0n) is 18.8. The summed E-state index contributed by atoms with van der Waals surface area (Å²) in [5, 5.41) is 14.8. The second-order valence-electron chi connectivity index (χ2n) is 7.06. The minimum atomic E-state index is -0.439. The van der Waals surface area contributed by atoms with Gasteiger partial charge in [0.25, 0.3) is 0 Å². The summed E-state index contributed by atoms with van der Waals surface area (Å²) in [4.78, 5) is 27.2. The minimum Gasteiger partial charge on any atom is -0.465 e. The maximum atomic E-state index is 12.7. The third-order valence-electron chi connectivity index (χ3n) is 5.09. The van der Waals surface area contributed by atoms with Crippen LogP contribution in [0, 0.1) is 20.8 Å². The lowest BCUT2D eigenvalue weighted by atomic mass is 10.1. The fourth-order valence-corrected chi connectivity index (χ4v) is 6.09. The highest BCUT2D eigenvalue weighted by Crippen LogP contribution is 2.35. The third-order valence-corrected chi connectivity index (χ3v) is 8.14. The van der Waals surface area contributed by atoms with E-state index in [1.807, 2.05) is 18.4 Å². The fraction of sp³-hybridized carbons (Fsp3) is 0.364. The Morgan fingerprint density at radius 1 is 1.28 bits per heavy atom. The second-order valence-corrected chi connectivity index (χ2v) is 10.3. The van der Waals surface area contributed by atoms with Crippen LogP contribution >= 0.6 is 34.4 Å². The highest BCUT2D eigenvalue weighted by atomic mass is 32.2. The largest absolute Gasteiger partial charge is 0.465 e. The van der Waals surface area contributed by atoms with Gasteiger partial charge in [-0.3, -0.25) is 9.36 Å². The van der Waals surface area contributed by atoms with Crippen LogP contribution in [0.25, 0.3) is 11.4 Å². The molecule has 170 valence electrons. The normalized spacial score (nSPS) is 10.9. The molecule has 0 fully saturated rings. The number of nitrogens with one attached hydrogen (secondary N) is 1. The van der Waals surface area contributed by atoms with E-state index in [4.69, 9.17) is 4.74 Å². The molecule has 0 atom stereocenters. The van der Waals surface area contributed by atoms with Gasteiger partial charge in [0.15, 0.2) is 11.0 Å². The summed E-state index contributed by atoms with van der Waals surface area (Å²) in [6.45, 7) is 12.4. The molecule has 0 aliphatic heterocycles. The molecule has 0 unspecified atom stereocenters. The van der Waals surface area contributed by atoms with Gasteiger partial charge in [-0.1, -0.05) is 24.8 Å². The van der Waals surface area contributed by atoms with Crippen molar-refractivity contribution in [3.63, 3.8) is 0 Å². The zero-order chi connectivity index (χ0) is 23.4. The highest BCUT2D eigenvalue weighted by molar-refractivity contribution is 7.99. The van der Waals surface area contributed by atoms with Crippen LogP contribution in [0.4, 0.5) is 5.00 Å². The number of carbonyl (C=O) groups is 2. The van der Waals surface area contributed by atoms with Gasteiger partial charge in [-0.15, -0.1) is 39.4 Å². The van der Waals surface area contributed by atoms with Crippen molar-refractivity contribution in [1.29, 1.82) is 0 Å². The maximum Gasteiger partial charge on any atom is 0.341 e. The molecule has 3 rings (SSSR count). The van der Waals surface area contributed by atoms with E-state index in [1.165, 1.54) is 40.6 Å². The predicted molar refractivity (Wildman–Crippen MR) is 132 cm³/mol. The van der Waals surface area contributed by atoms with Gasteiger partial charge in [-0.2, -0.15) is 0 Å². The number of ether oxygens (including phenoxy) is 1. The monoisotopic (exact) mass is 490 g/mol. The standard InChI is InChI=1S/C22H26N4O3S3/c1-7-9-26-19(16-10-30-13(4)12(16)3)24-25-22(26)31-11-17(27)23-20-18(21(28)29-6)15(8-2)14(5)32-20/h7,10H,1,8-9,11H2,2-6H3,(H,23,27). The number of amides is 1. The lowest BCUT2D eigenvalue weighted by Crippen LogP contribution is -2.16. The van der Waals surface area contributed by atoms with Gasteiger partial charge in [-0.25, -0.2) is 4.79 Å². The summed E-state index contributed by atoms with van der Waals surface area (Å²) in [7, 11) is 1.34. The molecule has 0 aromatic carbocycles. The van der Waals surface area contributed by atoms with Crippen LogP contribution in [-0.2, 0) is 22.5 Å². The summed E-state index contributed by atoms with van der Waals surface area (Å²) in [6.07, 6.45) is 2.47. The molecular formula is C22H26N4O3S3. The first-order chi connectivity index (χ1) is 15.3. The van der Waals surface area contributed by atoms with Gasteiger partial charge in [0.1, 0.15) is 5.00 Å². The first-order valence-electron chi connectivity index (χ1n) is 10.0.